The monoisotopic (exact) mass is 388 g/mol. The van der Waals surface area contributed by atoms with Gasteiger partial charge in [-0.2, -0.15) is 0 Å². The van der Waals surface area contributed by atoms with Crippen LogP contribution in [0.4, 0.5) is 5.69 Å². The number of carbonyl (C=O) groups excluding carboxylic acids is 2. The molecule has 1 rings (SSSR count). The zero-order valence-corrected chi connectivity index (χ0v) is 17.7. The standard InChI is InChI=1S/C22H32N2O4/c1-7-12-27-19-9-8-17(13-18(19)24(6)15-25)10-11-22(4,5)14-28-21(26)20(23)16(2)3/h8-9,13,15-16,20H,7,12,14,23H2,1-6H3. The molecule has 0 saturated carbocycles. The summed E-state index contributed by atoms with van der Waals surface area (Å²) in [5.74, 6) is 6.46. The molecule has 0 heterocycles. The normalized spacial score (nSPS) is 12.0. The van der Waals surface area contributed by atoms with Crippen LogP contribution in [0.15, 0.2) is 18.2 Å². The van der Waals surface area contributed by atoms with Crippen molar-refractivity contribution in [3.05, 3.63) is 23.8 Å². The van der Waals surface area contributed by atoms with Gasteiger partial charge in [0, 0.05) is 12.6 Å². The van der Waals surface area contributed by atoms with Gasteiger partial charge in [-0.25, -0.2) is 0 Å². The highest BCUT2D eigenvalue weighted by molar-refractivity contribution is 5.79. The highest BCUT2D eigenvalue weighted by Crippen LogP contribution is 2.28. The minimum absolute atomic E-state index is 0.0170. The summed E-state index contributed by atoms with van der Waals surface area (Å²) >= 11 is 0. The number of carbonyl (C=O) groups is 2. The molecule has 6 heteroatoms. The maximum Gasteiger partial charge on any atom is 0.323 e. The number of hydrogen-bond donors (Lipinski definition) is 1. The van der Waals surface area contributed by atoms with E-state index in [4.69, 9.17) is 15.2 Å². The van der Waals surface area contributed by atoms with E-state index in [1.807, 2.05) is 52.8 Å². The van der Waals surface area contributed by atoms with E-state index in [0.29, 0.717) is 18.0 Å². The fourth-order valence-corrected chi connectivity index (χ4v) is 2.16. The summed E-state index contributed by atoms with van der Waals surface area (Å²) in [7, 11) is 1.67. The van der Waals surface area contributed by atoms with Gasteiger partial charge in [0.05, 0.1) is 17.7 Å². The molecule has 1 amide bonds. The fourth-order valence-electron chi connectivity index (χ4n) is 2.16. The van der Waals surface area contributed by atoms with E-state index < -0.39 is 17.4 Å². The molecule has 0 aliphatic heterocycles. The number of anilines is 1. The maximum absolute atomic E-state index is 11.9. The van der Waals surface area contributed by atoms with Gasteiger partial charge in [0.1, 0.15) is 18.4 Å². The summed E-state index contributed by atoms with van der Waals surface area (Å²) in [6.07, 6.45) is 1.60. The van der Waals surface area contributed by atoms with Gasteiger partial charge in [0.15, 0.2) is 0 Å². The lowest BCUT2D eigenvalue weighted by molar-refractivity contribution is -0.148. The molecule has 0 fully saturated rings. The van der Waals surface area contributed by atoms with Gasteiger partial charge in [-0.15, -0.1) is 0 Å². The molecular weight excluding hydrogens is 356 g/mol. The molecule has 2 N–H and O–H groups in total. The van der Waals surface area contributed by atoms with Crippen LogP contribution in [0.1, 0.15) is 46.6 Å². The molecule has 6 nitrogen and oxygen atoms in total. The van der Waals surface area contributed by atoms with Crippen molar-refractivity contribution in [3.8, 4) is 17.6 Å². The average Bonchev–Trinajstić information content (AvgIpc) is 2.67. The molecule has 0 saturated heterocycles. The first-order valence-electron chi connectivity index (χ1n) is 9.51. The van der Waals surface area contributed by atoms with E-state index in [-0.39, 0.29) is 12.5 Å². The van der Waals surface area contributed by atoms with Crippen LogP contribution in [0.25, 0.3) is 0 Å². The molecule has 1 aromatic rings. The summed E-state index contributed by atoms with van der Waals surface area (Å²) in [6, 6.07) is 4.82. The zero-order valence-electron chi connectivity index (χ0n) is 17.7. The SMILES string of the molecule is CCCOc1ccc(C#CC(C)(C)COC(=O)C(N)C(C)C)cc1N(C)C=O. The third-order valence-corrected chi connectivity index (χ3v) is 4.07. The Morgan fingerprint density at radius 3 is 2.61 bits per heavy atom. The Labute approximate surface area is 168 Å². The Morgan fingerprint density at radius 1 is 1.36 bits per heavy atom. The number of ether oxygens (including phenoxy) is 2. The predicted molar refractivity (Wildman–Crippen MR) is 111 cm³/mol. The van der Waals surface area contributed by atoms with Crippen molar-refractivity contribution in [2.45, 2.75) is 47.1 Å². The molecule has 1 unspecified atom stereocenters. The summed E-state index contributed by atoms with van der Waals surface area (Å²) in [6.45, 7) is 10.3. The van der Waals surface area contributed by atoms with Crippen molar-refractivity contribution in [1.82, 2.24) is 0 Å². The average molecular weight is 389 g/mol. The molecule has 28 heavy (non-hydrogen) atoms. The highest BCUT2D eigenvalue weighted by atomic mass is 16.5. The second-order valence-corrected chi connectivity index (χ2v) is 7.76. The molecule has 1 aromatic carbocycles. The van der Waals surface area contributed by atoms with Gasteiger partial charge in [-0.3, -0.25) is 9.59 Å². The van der Waals surface area contributed by atoms with Gasteiger partial charge >= 0.3 is 5.97 Å². The van der Waals surface area contributed by atoms with Crippen molar-refractivity contribution in [3.63, 3.8) is 0 Å². The van der Waals surface area contributed by atoms with Gasteiger partial charge in [0.2, 0.25) is 6.41 Å². The van der Waals surface area contributed by atoms with Crippen molar-refractivity contribution in [2.24, 2.45) is 17.1 Å². The van der Waals surface area contributed by atoms with Gasteiger partial charge in [0.25, 0.3) is 0 Å². The third kappa shape index (κ3) is 7.24. The summed E-state index contributed by atoms with van der Waals surface area (Å²) in [5, 5.41) is 0. The molecule has 0 aliphatic rings. The minimum Gasteiger partial charge on any atom is -0.491 e. The first kappa shape index (κ1) is 23.5. The van der Waals surface area contributed by atoms with E-state index in [9.17, 15) is 9.59 Å². The lowest BCUT2D eigenvalue weighted by Crippen LogP contribution is -2.38. The molecular formula is C22H32N2O4. The van der Waals surface area contributed by atoms with Crippen molar-refractivity contribution in [2.75, 3.05) is 25.2 Å². The Bertz CT molecular complexity index is 732. The molecule has 0 spiro atoms. The number of hydrogen-bond acceptors (Lipinski definition) is 5. The van der Waals surface area contributed by atoms with E-state index in [0.717, 1.165) is 18.4 Å². The number of amides is 1. The van der Waals surface area contributed by atoms with E-state index in [1.165, 1.54) is 4.90 Å². The second kappa shape index (κ2) is 10.7. The lowest BCUT2D eigenvalue weighted by atomic mass is 9.95. The topological polar surface area (TPSA) is 81.9 Å². The van der Waals surface area contributed by atoms with E-state index >= 15 is 0 Å². The van der Waals surface area contributed by atoms with Crippen LogP contribution in [-0.2, 0) is 14.3 Å². The Morgan fingerprint density at radius 2 is 2.04 bits per heavy atom. The first-order valence-corrected chi connectivity index (χ1v) is 9.51. The highest BCUT2D eigenvalue weighted by Gasteiger charge is 2.23. The summed E-state index contributed by atoms with van der Waals surface area (Å²) in [4.78, 5) is 24.6. The van der Waals surface area contributed by atoms with E-state index in [2.05, 4.69) is 11.8 Å². The molecule has 154 valence electrons. The number of nitrogens with zero attached hydrogens (tertiary/aromatic N) is 1. The van der Waals surface area contributed by atoms with Gasteiger partial charge in [-0.1, -0.05) is 32.6 Å². The Hall–Kier alpha value is -2.52. The molecule has 1 atom stereocenters. The number of benzene rings is 1. The Balaban J connectivity index is 2.93. The van der Waals surface area contributed by atoms with Crippen LogP contribution in [0, 0.1) is 23.2 Å². The number of rotatable bonds is 9. The number of esters is 1. The molecule has 0 aliphatic carbocycles. The van der Waals surface area contributed by atoms with Crippen molar-refractivity contribution >= 4 is 18.1 Å². The van der Waals surface area contributed by atoms with E-state index in [1.54, 1.807) is 7.05 Å². The third-order valence-electron chi connectivity index (χ3n) is 4.07. The molecule has 0 aromatic heterocycles. The second-order valence-electron chi connectivity index (χ2n) is 7.76. The summed E-state index contributed by atoms with van der Waals surface area (Å²) < 4.78 is 11.0. The quantitative estimate of drug-likeness (QED) is 0.400. The van der Waals surface area contributed by atoms with Crippen molar-refractivity contribution in [1.29, 1.82) is 0 Å². The minimum atomic E-state index is -0.638. The fraction of sp³-hybridized carbons (Fsp3) is 0.545. The maximum atomic E-state index is 11.9. The van der Waals surface area contributed by atoms with Crippen LogP contribution < -0.4 is 15.4 Å². The number of nitrogens with two attached hydrogens (primary N) is 1. The predicted octanol–water partition coefficient (Wildman–Crippen LogP) is 2.97. The lowest BCUT2D eigenvalue weighted by Gasteiger charge is -2.20. The largest absolute Gasteiger partial charge is 0.491 e. The summed E-state index contributed by atoms with van der Waals surface area (Å²) in [5.41, 5.74) is 6.66. The van der Waals surface area contributed by atoms with Crippen LogP contribution in [0.5, 0.6) is 5.75 Å². The smallest absolute Gasteiger partial charge is 0.323 e. The van der Waals surface area contributed by atoms with Crippen LogP contribution in [0.2, 0.25) is 0 Å². The molecule has 0 radical (unpaired) electrons. The molecule has 0 bridgehead atoms. The van der Waals surface area contributed by atoms with Crippen LogP contribution in [-0.4, -0.2) is 38.7 Å². The first-order chi connectivity index (χ1) is 13.1. The van der Waals surface area contributed by atoms with Crippen LogP contribution >= 0.6 is 0 Å². The Kier molecular flexibility index (Phi) is 9.01. The van der Waals surface area contributed by atoms with Gasteiger partial charge in [-0.05, 0) is 44.4 Å². The van der Waals surface area contributed by atoms with Gasteiger partial charge < -0.3 is 20.1 Å². The zero-order chi connectivity index (χ0) is 21.3. The van der Waals surface area contributed by atoms with Crippen molar-refractivity contribution < 1.29 is 19.1 Å². The van der Waals surface area contributed by atoms with Crippen LogP contribution in [0.3, 0.4) is 0 Å².